The molecule has 32 heavy (non-hydrogen) atoms. The summed E-state index contributed by atoms with van der Waals surface area (Å²) in [6.07, 6.45) is 4.47. The van der Waals surface area contributed by atoms with Crippen LogP contribution in [0, 0.1) is 11.6 Å². The Morgan fingerprint density at radius 1 is 1.19 bits per heavy atom. The lowest BCUT2D eigenvalue weighted by molar-refractivity contribution is -0.120. The molecule has 0 fully saturated rings. The molecule has 0 saturated carbocycles. The first-order valence-corrected chi connectivity index (χ1v) is 10.6. The first-order valence-electron chi connectivity index (χ1n) is 10.6. The lowest BCUT2D eigenvalue weighted by atomic mass is 9.62. The van der Waals surface area contributed by atoms with Gasteiger partial charge in [-0.05, 0) is 37.5 Å². The van der Waals surface area contributed by atoms with Crippen LogP contribution in [0.2, 0.25) is 0 Å². The standard InChI is InChI=1S/C24H23F2N5O/c1-4-24(14-7-5-6-13(8-14)19-16(25)11-27-12-17(19)26)15-10-28-31-21(15)29-18-9-23(2,3)30-22(32)20(18)24/h5-8,10-12,21,29H,4,9H2,1-3H3,(H,30,32)/t21?,24-/m0/s1. The highest BCUT2D eigenvalue weighted by Gasteiger charge is 2.53. The summed E-state index contributed by atoms with van der Waals surface area (Å²) in [6.45, 7) is 5.95. The number of hydrogen-bond donors (Lipinski definition) is 2. The molecule has 0 spiro atoms. The van der Waals surface area contributed by atoms with E-state index < -0.39 is 22.6 Å². The fourth-order valence-electron chi connectivity index (χ4n) is 5.23. The van der Waals surface area contributed by atoms with Crippen molar-refractivity contribution < 1.29 is 13.6 Å². The van der Waals surface area contributed by atoms with Crippen molar-refractivity contribution in [3.05, 3.63) is 76.9 Å². The molecule has 164 valence electrons. The van der Waals surface area contributed by atoms with Crippen LogP contribution in [-0.2, 0) is 10.2 Å². The summed E-state index contributed by atoms with van der Waals surface area (Å²) >= 11 is 0. The van der Waals surface area contributed by atoms with E-state index in [4.69, 9.17) is 0 Å². The number of azo groups is 1. The van der Waals surface area contributed by atoms with Crippen LogP contribution in [-0.4, -0.2) is 22.6 Å². The highest BCUT2D eigenvalue weighted by Crippen LogP contribution is 2.51. The highest BCUT2D eigenvalue weighted by molar-refractivity contribution is 6.00. The molecule has 4 heterocycles. The van der Waals surface area contributed by atoms with Gasteiger partial charge in [0.25, 0.3) is 5.91 Å². The molecule has 1 aromatic carbocycles. The summed E-state index contributed by atoms with van der Waals surface area (Å²) in [5.74, 6) is -1.64. The van der Waals surface area contributed by atoms with Crippen LogP contribution in [0.1, 0.15) is 39.2 Å². The van der Waals surface area contributed by atoms with Gasteiger partial charge in [-0.25, -0.2) is 8.78 Å². The number of carbonyl (C=O) groups is 1. The predicted molar refractivity (Wildman–Crippen MR) is 115 cm³/mol. The summed E-state index contributed by atoms with van der Waals surface area (Å²) in [5, 5.41) is 15.0. The van der Waals surface area contributed by atoms with Crippen molar-refractivity contribution in [2.24, 2.45) is 10.2 Å². The van der Waals surface area contributed by atoms with Crippen molar-refractivity contribution in [3.63, 3.8) is 0 Å². The fraction of sp³-hybridized carbons (Fsp3) is 0.333. The molecule has 2 aromatic rings. The van der Waals surface area contributed by atoms with Crippen molar-refractivity contribution in [2.75, 3.05) is 0 Å². The van der Waals surface area contributed by atoms with Crippen molar-refractivity contribution in [1.29, 1.82) is 0 Å². The summed E-state index contributed by atoms with van der Waals surface area (Å²) < 4.78 is 29.0. The van der Waals surface area contributed by atoms with Crippen molar-refractivity contribution in [1.82, 2.24) is 15.6 Å². The van der Waals surface area contributed by atoms with E-state index in [0.29, 0.717) is 24.0 Å². The molecule has 2 atom stereocenters. The lowest BCUT2D eigenvalue weighted by Gasteiger charge is -2.48. The Morgan fingerprint density at radius 2 is 1.94 bits per heavy atom. The SMILES string of the molecule is CC[C@]1(c2cccc(-c3c(F)cncc3F)c2)C2=CN=NC2NC2=C1C(=O)NC(C)(C)C2. The van der Waals surface area contributed by atoms with Gasteiger partial charge >= 0.3 is 0 Å². The van der Waals surface area contributed by atoms with E-state index >= 15 is 0 Å². The smallest absolute Gasteiger partial charge is 0.250 e. The number of benzene rings is 1. The Labute approximate surface area is 184 Å². The zero-order chi connectivity index (χ0) is 22.7. The quantitative estimate of drug-likeness (QED) is 0.745. The van der Waals surface area contributed by atoms with E-state index in [1.54, 1.807) is 24.4 Å². The number of nitrogens with zero attached hydrogens (tertiary/aromatic N) is 3. The number of hydrogen-bond acceptors (Lipinski definition) is 5. The minimum atomic E-state index is -0.828. The maximum atomic E-state index is 14.5. The number of fused-ring (bicyclic) bond motifs is 1. The molecule has 0 radical (unpaired) electrons. The molecule has 1 aromatic heterocycles. The molecule has 1 unspecified atom stereocenters. The average molecular weight is 435 g/mol. The minimum Gasteiger partial charge on any atom is -0.362 e. The molecule has 0 aliphatic carbocycles. The molecule has 6 nitrogen and oxygen atoms in total. The Kier molecular flexibility index (Phi) is 4.51. The monoisotopic (exact) mass is 435 g/mol. The van der Waals surface area contributed by atoms with Gasteiger partial charge in [0.15, 0.2) is 17.8 Å². The van der Waals surface area contributed by atoms with Gasteiger partial charge < -0.3 is 10.6 Å². The average Bonchev–Trinajstić information content (AvgIpc) is 3.20. The maximum Gasteiger partial charge on any atom is 0.250 e. The summed E-state index contributed by atoms with van der Waals surface area (Å²) in [6, 6.07) is 7.06. The van der Waals surface area contributed by atoms with Crippen LogP contribution in [0.4, 0.5) is 8.78 Å². The van der Waals surface area contributed by atoms with Gasteiger partial charge in [-0.1, -0.05) is 25.1 Å². The van der Waals surface area contributed by atoms with Crippen LogP contribution >= 0.6 is 0 Å². The van der Waals surface area contributed by atoms with Gasteiger partial charge in [0.1, 0.15) is 0 Å². The third-order valence-electron chi connectivity index (χ3n) is 6.53. The molecule has 8 heteroatoms. The second kappa shape index (κ2) is 7.05. The summed E-state index contributed by atoms with van der Waals surface area (Å²) in [7, 11) is 0. The fourth-order valence-corrected chi connectivity index (χ4v) is 5.23. The largest absolute Gasteiger partial charge is 0.362 e. The Balaban J connectivity index is 1.76. The Hall–Kier alpha value is -3.42. The molecule has 0 saturated heterocycles. The second-order valence-corrected chi connectivity index (χ2v) is 9.05. The molecular formula is C24H23F2N5O. The van der Waals surface area contributed by atoms with Gasteiger partial charge in [-0.3, -0.25) is 9.78 Å². The normalized spacial score (nSPS) is 25.6. The molecule has 0 bridgehead atoms. The van der Waals surface area contributed by atoms with E-state index in [1.165, 1.54) is 0 Å². The van der Waals surface area contributed by atoms with E-state index in [9.17, 15) is 13.6 Å². The van der Waals surface area contributed by atoms with E-state index in [2.05, 4.69) is 25.8 Å². The highest BCUT2D eigenvalue weighted by atomic mass is 19.1. The number of carbonyl (C=O) groups excluding carboxylic acids is 1. The first-order chi connectivity index (χ1) is 15.3. The molecular weight excluding hydrogens is 412 g/mol. The van der Waals surface area contributed by atoms with Crippen molar-refractivity contribution in [3.8, 4) is 11.1 Å². The van der Waals surface area contributed by atoms with Crippen molar-refractivity contribution in [2.45, 2.75) is 50.7 Å². The zero-order valence-corrected chi connectivity index (χ0v) is 18.0. The van der Waals surface area contributed by atoms with Gasteiger partial charge in [-0.15, -0.1) is 0 Å². The predicted octanol–water partition coefficient (Wildman–Crippen LogP) is 4.51. The van der Waals surface area contributed by atoms with Crippen molar-refractivity contribution >= 4 is 5.91 Å². The molecule has 3 aliphatic heterocycles. The van der Waals surface area contributed by atoms with Crippen LogP contribution < -0.4 is 10.6 Å². The molecule has 1 amide bonds. The number of halogens is 2. The van der Waals surface area contributed by atoms with E-state index in [0.717, 1.165) is 29.2 Å². The van der Waals surface area contributed by atoms with E-state index in [-0.39, 0.29) is 17.6 Å². The van der Waals surface area contributed by atoms with Crippen LogP contribution in [0.5, 0.6) is 0 Å². The Bertz CT molecular complexity index is 1210. The van der Waals surface area contributed by atoms with Crippen LogP contribution in [0.15, 0.2) is 69.9 Å². The number of aromatic nitrogens is 1. The number of nitrogens with one attached hydrogen (secondary N) is 2. The molecule has 5 rings (SSSR count). The number of amides is 1. The molecule has 2 N–H and O–H groups in total. The zero-order valence-electron chi connectivity index (χ0n) is 18.0. The van der Waals surface area contributed by atoms with Gasteiger partial charge in [-0.2, -0.15) is 10.2 Å². The van der Waals surface area contributed by atoms with E-state index in [1.807, 2.05) is 26.8 Å². The lowest BCUT2D eigenvalue weighted by Crippen LogP contribution is -2.58. The number of rotatable bonds is 3. The van der Waals surface area contributed by atoms with Crippen LogP contribution in [0.3, 0.4) is 0 Å². The topological polar surface area (TPSA) is 78.7 Å². The molecule has 3 aliphatic rings. The first kappa shape index (κ1) is 20.5. The minimum absolute atomic E-state index is 0.142. The maximum absolute atomic E-state index is 14.5. The number of pyridine rings is 1. The van der Waals surface area contributed by atoms with Gasteiger partial charge in [0.2, 0.25) is 0 Å². The summed E-state index contributed by atoms with van der Waals surface area (Å²) in [4.78, 5) is 17.0. The van der Waals surface area contributed by atoms with Gasteiger partial charge in [0.05, 0.1) is 35.1 Å². The van der Waals surface area contributed by atoms with Gasteiger partial charge in [0, 0.05) is 23.2 Å². The third kappa shape index (κ3) is 2.89. The summed E-state index contributed by atoms with van der Waals surface area (Å²) in [5.41, 5.74) is 2.06. The second-order valence-electron chi connectivity index (χ2n) is 9.05. The third-order valence-corrected chi connectivity index (χ3v) is 6.53. The van der Waals surface area contributed by atoms with Crippen LogP contribution in [0.25, 0.3) is 11.1 Å². The Morgan fingerprint density at radius 3 is 2.66 bits per heavy atom.